The third kappa shape index (κ3) is 4.69. The van der Waals surface area contributed by atoms with E-state index < -0.39 is 0 Å². The van der Waals surface area contributed by atoms with Crippen LogP contribution in [0.4, 0.5) is 0 Å². The minimum atomic E-state index is 0.480. The molecule has 4 unspecified atom stereocenters. The second-order valence-corrected chi connectivity index (χ2v) is 8.62. The first-order valence-corrected chi connectivity index (χ1v) is 9.39. The minimum Gasteiger partial charge on any atom is -0.314 e. The number of rotatable bonds is 5. The summed E-state index contributed by atoms with van der Waals surface area (Å²) in [5, 5.41) is 3.77. The Morgan fingerprint density at radius 2 is 1.86 bits per heavy atom. The smallest absolute Gasteiger partial charge is 0.0108 e. The zero-order valence-electron chi connectivity index (χ0n) is 15.1. The number of nitrogens with zero attached hydrogens (tertiary/aromatic N) is 1. The van der Waals surface area contributed by atoms with Crippen LogP contribution >= 0.6 is 0 Å². The molecule has 1 aliphatic heterocycles. The highest BCUT2D eigenvalue weighted by atomic mass is 15.2. The summed E-state index contributed by atoms with van der Waals surface area (Å²) in [4.78, 5) is 2.77. The molecule has 2 aliphatic rings. The van der Waals surface area contributed by atoms with Crippen LogP contribution in [-0.2, 0) is 0 Å². The third-order valence-electron chi connectivity index (χ3n) is 6.12. The van der Waals surface area contributed by atoms with E-state index in [1.165, 1.54) is 51.7 Å². The number of hydrogen-bond donors (Lipinski definition) is 1. The highest BCUT2D eigenvalue weighted by Crippen LogP contribution is 2.36. The summed E-state index contributed by atoms with van der Waals surface area (Å²) in [6, 6.07) is 0.770. The van der Waals surface area contributed by atoms with E-state index in [0.717, 1.165) is 30.3 Å². The van der Waals surface area contributed by atoms with Gasteiger partial charge in [-0.1, -0.05) is 41.0 Å². The van der Waals surface area contributed by atoms with Crippen molar-refractivity contribution >= 4 is 0 Å². The molecule has 2 heteroatoms. The molecule has 0 aromatic carbocycles. The molecule has 4 atom stereocenters. The number of nitrogens with one attached hydrogen (secondary N) is 1. The van der Waals surface area contributed by atoms with Gasteiger partial charge < -0.3 is 10.2 Å². The van der Waals surface area contributed by atoms with Crippen LogP contribution in [0.5, 0.6) is 0 Å². The molecule has 2 rings (SSSR count). The predicted octanol–water partition coefficient (Wildman–Crippen LogP) is 4.16. The Kier molecular flexibility index (Phi) is 6.14. The largest absolute Gasteiger partial charge is 0.314 e. The fraction of sp³-hybridized carbons (Fsp3) is 1.00. The molecule has 0 amide bonds. The summed E-state index contributed by atoms with van der Waals surface area (Å²) in [5.74, 6) is 2.74. The van der Waals surface area contributed by atoms with Crippen LogP contribution in [0.3, 0.4) is 0 Å². The molecule has 1 saturated heterocycles. The normalized spacial score (nSPS) is 35.3. The second kappa shape index (κ2) is 7.46. The van der Waals surface area contributed by atoms with Crippen molar-refractivity contribution in [2.24, 2.45) is 23.2 Å². The molecule has 1 heterocycles. The maximum atomic E-state index is 3.77. The Hall–Kier alpha value is -0.0800. The van der Waals surface area contributed by atoms with E-state index in [0.29, 0.717) is 5.41 Å². The average molecular weight is 295 g/mol. The molecule has 124 valence electrons. The molecule has 2 nitrogen and oxygen atoms in total. The lowest BCUT2D eigenvalue weighted by molar-refractivity contribution is 0.143. The summed E-state index contributed by atoms with van der Waals surface area (Å²) in [5.41, 5.74) is 0.480. The molecular weight excluding hydrogens is 256 g/mol. The Balaban J connectivity index is 1.89. The van der Waals surface area contributed by atoms with E-state index in [4.69, 9.17) is 0 Å². The van der Waals surface area contributed by atoms with Gasteiger partial charge in [-0.3, -0.25) is 0 Å². The number of hydrogen-bond acceptors (Lipinski definition) is 2. The van der Waals surface area contributed by atoms with Gasteiger partial charge in [0.2, 0.25) is 0 Å². The highest BCUT2D eigenvalue weighted by molar-refractivity contribution is 4.90. The molecule has 0 spiro atoms. The van der Waals surface area contributed by atoms with Gasteiger partial charge in [0.25, 0.3) is 0 Å². The monoisotopic (exact) mass is 294 g/mol. The fourth-order valence-corrected chi connectivity index (χ4v) is 4.50. The lowest BCUT2D eigenvalue weighted by Gasteiger charge is -2.38. The summed E-state index contributed by atoms with van der Waals surface area (Å²) in [6.07, 6.45) is 7.06. The second-order valence-electron chi connectivity index (χ2n) is 8.62. The Morgan fingerprint density at radius 3 is 2.43 bits per heavy atom. The molecule has 1 aliphatic carbocycles. The molecule has 2 fully saturated rings. The van der Waals surface area contributed by atoms with Crippen molar-refractivity contribution in [3.8, 4) is 0 Å². The van der Waals surface area contributed by atoms with Crippen LogP contribution in [0.2, 0.25) is 0 Å². The maximum Gasteiger partial charge on any atom is 0.0108 e. The van der Waals surface area contributed by atoms with Gasteiger partial charge in [0, 0.05) is 19.1 Å². The summed E-state index contributed by atoms with van der Waals surface area (Å²) < 4.78 is 0. The molecule has 21 heavy (non-hydrogen) atoms. The van der Waals surface area contributed by atoms with E-state index in [9.17, 15) is 0 Å². The molecule has 0 bridgehead atoms. The van der Waals surface area contributed by atoms with Crippen molar-refractivity contribution in [3.63, 3.8) is 0 Å². The fourth-order valence-electron chi connectivity index (χ4n) is 4.50. The summed E-state index contributed by atoms with van der Waals surface area (Å²) in [7, 11) is 0. The zero-order valence-corrected chi connectivity index (χ0v) is 15.1. The van der Waals surface area contributed by atoms with Crippen LogP contribution in [0, 0.1) is 23.2 Å². The van der Waals surface area contributed by atoms with Gasteiger partial charge in [-0.15, -0.1) is 0 Å². The lowest BCUT2D eigenvalue weighted by Crippen LogP contribution is -2.45. The molecule has 0 aromatic heterocycles. The van der Waals surface area contributed by atoms with Gasteiger partial charge in [-0.2, -0.15) is 0 Å². The standard InChI is InChI=1S/C19H38N2/c1-6-15-8-9-18(20-7-2)16(12-15)13-21-11-10-17(14-21)19(3,4)5/h15-18,20H,6-14H2,1-5H3. The Bertz CT molecular complexity index is 307. The SMILES string of the molecule is CCNC1CCC(CC)CC1CN1CCC(C(C)(C)C)C1. The van der Waals surface area contributed by atoms with Crippen LogP contribution in [0.15, 0.2) is 0 Å². The van der Waals surface area contributed by atoms with Gasteiger partial charge in [-0.25, -0.2) is 0 Å². The molecule has 0 aromatic rings. The predicted molar refractivity (Wildman–Crippen MR) is 92.6 cm³/mol. The number of likely N-dealkylation sites (tertiary alicyclic amines) is 1. The van der Waals surface area contributed by atoms with E-state index in [-0.39, 0.29) is 0 Å². The minimum absolute atomic E-state index is 0.480. The van der Waals surface area contributed by atoms with Gasteiger partial charge in [0.15, 0.2) is 0 Å². The maximum absolute atomic E-state index is 3.77. The molecule has 1 saturated carbocycles. The van der Waals surface area contributed by atoms with E-state index in [2.05, 4.69) is 44.8 Å². The van der Waals surface area contributed by atoms with Crippen molar-refractivity contribution in [1.82, 2.24) is 10.2 Å². The van der Waals surface area contributed by atoms with Crippen molar-refractivity contribution < 1.29 is 0 Å². The quantitative estimate of drug-likeness (QED) is 0.819. The van der Waals surface area contributed by atoms with Crippen molar-refractivity contribution in [2.45, 2.75) is 72.8 Å². The third-order valence-corrected chi connectivity index (χ3v) is 6.12. The van der Waals surface area contributed by atoms with E-state index >= 15 is 0 Å². The topological polar surface area (TPSA) is 15.3 Å². The zero-order chi connectivity index (χ0) is 15.5. The van der Waals surface area contributed by atoms with Crippen LogP contribution in [0.25, 0.3) is 0 Å². The Morgan fingerprint density at radius 1 is 1.10 bits per heavy atom. The first-order chi connectivity index (χ1) is 9.94. The van der Waals surface area contributed by atoms with Crippen molar-refractivity contribution in [1.29, 1.82) is 0 Å². The van der Waals surface area contributed by atoms with Crippen LogP contribution in [-0.4, -0.2) is 37.1 Å². The van der Waals surface area contributed by atoms with Gasteiger partial charge in [0.1, 0.15) is 0 Å². The molecular formula is C19H38N2. The van der Waals surface area contributed by atoms with Crippen molar-refractivity contribution in [3.05, 3.63) is 0 Å². The van der Waals surface area contributed by atoms with Gasteiger partial charge in [-0.05, 0) is 61.9 Å². The molecule has 1 N–H and O–H groups in total. The lowest BCUT2D eigenvalue weighted by atomic mass is 9.76. The summed E-state index contributed by atoms with van der Waals surface area (Å²) >= 11 is 0. The van der Waals surface area contributed by atoms with E-state index in [1.54, 1.807) is 0 Å². The summed E-state index contributed by atoms with van der Waals surface area (Å²) in [6.45, 7) is 17.0. The van der Waals surface area contributed by atoms with E-state index in [1.807, 2.05) is 0 Å². The Labute approximate surface area is 133 Å². The average Bonchev–Trinajstić information content (AvgIpc) is 2.89. The van der Waals surface area contributed by atoms with Crippen LogP contribution in [0.1, 0.15) is 66.7 Å². The first kappa shape index (κ1) is 17.3. The van der Waals surface area contributed by atoms with Gasteiger partial charge in [0.05, 0.1) is 0 Å². The van der Waals surface area contributed by atoms with Crippen molar-refractivity contribution in [2.75, 3.05) is 26.2 Å². The van der Waals surface area contributed by atoms with Crippen LogP contribution < -0.4 is 5.32 Å². The highest BCUT2D eigenvalue weighted by Gasteiger charge is 2.35. The molecule has 0 radical (unpaired) electrons. The van der Waals surface area contributed by atoms with Gasteiger partial charge >= 0.3 is 0 Å². The first-order valence-electron chi connectivity index (χ1n) is 9.39.